The molecule has 4 rings (SSSR count). The molecule has 1 fully saturated rings. The number of aromatic nitrogens is 4. The van der Waals surface area contributed by atoms with Crippen molar-refractivity contribution in [2.75, 3.05) is 13.1 Å². The van der Waals surface area contributed by atoms with Gasteiger partial charge in [0.15, 0.2) is 11.5 Å². The Labute approximate surface area is 169 Å². The lowest BCUT2D eigenvalue weighted by Gasteiger charge is -2.32. The van der Waals surface area contributed by atoms with E-state index in [9.17, 15) is 4.79 Å². The van der Waals surface area contributed by atoms with E-state index in [0.29, 0.717) is 30.5 Å². The molecule has 3 aromatic rings. The summed E-state index contributed by atoms with van der Waals surface area (Å²) in [5.41, 5.74) is 2.89. The van der Waals surface area contributed by atoms with Crippen LogP contribution in [0.4, 0.5) is 0 Å². The van der Waals surface area contributed by atoms with Gasteiger partial charge in [-0.25, -0.2) is 9.97 Å². The number of likely N-dealkylation sites (tertiary alicyclic amines) is 1. The Morgan fingerprint density at radius 3 is 2.90 bits per heavy atom. The number of carbonyl (C=O) groups is 1. The standard InChI is InChI=1S/C21H25N5O3/c1-13(2)7-16-9-18(25-28-16)21(27)26-6-4-5-15(11-26)20-17(10-22-12-23-20)19-8-14(3)24-29-19/h8-10,12-13,15H,4-7,11H2,1-3H3/t15-/m1/s1. The Kier molecular flexibility index (Phi) is 5.42. The molecule has 1 aliphatic rings. The fourth-order valence-electron chi connectivity index (χ4n) is 3.80. The fourth-order valence-corrected chi connectivity index (χ4v) is 3.80. The van der Waals surface area contributed by atoms with Gasteiger partial charge in [0.2, 0.25) is 0 Å². The van der Waals surface area contributed by atoms with E-state index >= 15 is 0 Å². The predicted molar refractivity (Wildman–Crippen MR) is 105 cm³/mol. The molecule has 1 saturated heterocycles. The zero-order valence-corrected chi connectivity index (χ0v) is 17.0. The van der Waals surface area contributed by atoms with E-state index in [1.54, 1.807) is 18.6 Å². The van der Waals surface area contributed by atoms with Crippen LogP contribution in [0, 0.1) is 12.8 Å². The maximum Gasteiger partial charge on any atom is 0.276 e. The van der Waals surface area contributed by atoms with Crippen LogP contribution in [-0.2, 0) is 6.42 Å². The number of piperidine rings is 1. The predicted octanol–water partition coefficient (Wildman–Crippen LogP) is 3.65. The van der Waals surface area contributed by atoms with E-state index in [0.717, 1.165) is 42.0 Å². The van der Waals surface area contributed by atoms with E-state index in [1.165, 1.54) is 0 Å². The van der Waals surface area contributed by atoms with Crippen LogP contribution >= 0.6 is 0 Å². The molecule has 1 amide bonds. The minimum atomic E-state index is -0.0976. The van der Waals surface area contributed by atoms with Crippen molar-refractivity contribution < 1.29 is 13.8 Å². The lowest BCUT2D eigenvalue weighted by Crippen LogP contribution is -2.39. The first-order chi connectivity index (χ1) is 14.0. The van der Waals surface area contributed by atoms with Gasteiger partial charge in [-0.1, -0.05) is 24.2 Å². The molecule has 3 aromatic heterocycles. The molecule has 8 heteroatoms. The summed E-state index contributed by atoms with van der Waals surface area (Å²) in [4.78, 5) is 23.5. The molecule has 0 aliphatic carbocycles. The van der Waals surface area contributed by atoms with Gasteiger partial charge in [-0.3, -0.25) is 4.79 Å². The second-order valence-corrected chi connectivity index (χ2v) is 8.02. The van der Waals surface area contributed by atoms with Crippen molar-refractivity contribution in [3.63, 3.8) is 0 Å². The number of nitrogens with zero attached hydrogens (tertiary/aromatic N) is 5. The minimum Gasteiger partial charge on any atom is -0.361 e. The molecule has 0 radical (unpaired) electrons. The van der Waals surface area contributed by atoms with Crippen molar-refractivity contribution in [1.82, 2.24) is 25.2 Å². The average molecular weight is 395 g/mol. The van der Waals surface area contributed by atoms with E-state index < -0.39 is 0 Å². The highest BCUT2D eigenvalue weighted by molar-refractivity contribution is 5.92. The zero-order chi connectivity index (χ0) is 20.4. The molecule has 8 nitrogen and oxygen atoms in total. The fraction of sp³-hybridized carbons (Fsp3) is 0.476. The molecule has 152 valence electrons. The van der Waals surface area contributed by atoms with Crippen molar-refractivity contribution in [3.05, 3.63) is 47.5 Å². The number of aryl methyl sites for hydroxylation is 1. The summed E-state index contributed by atoms with van der Waals surface area (Å²) in [5.74, 6) is 1.84. The normalized spacial score (nSPS) is 17.1. The quantitative estimate of drug-likeness (QED) is 0.650. The molecule has 0 bridgehead atoms. The van der Waals surface area contributed by atoms with Crippen LogP contribution in [-0.4, -0.2) is 44.2 Å². The maximum absolute atomic E-state index is 13.0. The summed E-state index contributed by atoms with van der Waals surface area (Å²) < 4.78 is 10.8. The van der Waals surface area contributed by atoms with Gasteiger partial charge >= 0.3 is 0 Å². The molecular weight excluding hydrogens is 370 g/mol. The summed E-state index contributed by atoms with van der Waals surface area (Å²) in [7, 11) is 0. The molecule has 0 N–H and O–H groups in total. The number of carbonyl (C=O) groups excluding carboxylic acids is 1. The number of hydrogen-bond acceptors (Lipinski definition) is 7. The highest BCUT2D eigenvalue weighted by Crippen LogP contribution is 2.33. The van der Waals surface area contributed by atoms with Gasteiger partial charge in [0.25, 0.3) is 5.91 Å². The second kappa shape index (κ2) is 8.14. The summed E-state index contributed by atoms with van der Waals surface area (Å²) in [6.45, 7) is 7.36. The van der Waals surface area contributed by atoms with Crippen LogP contribution < -0.4 is 0 Å². The van der Waals surface area contributed by atoms with Crippen molar-refractivity contribution in [2.45, 2.75) is 46.0 Å². The number of rotatable bonds is 5. The molecule has 29 heavy (non-hydrogen) atoms. The van der Waals surface area contributed by atoms with Gasteiger partial charge in [-0.15, -0.1) is 0 Å². The molecule has 4 heterocycles. The van der Waals surface area contributed by atoms with Gasteiger partial charge in [0.05, 0.1) is 17.0 Å². The Morgan fingerprint density at radius 2 is 2.14 bits per heavy atom. The van der Waals surface area contributed by atoms with Crippen molar-refractivity contribution >= 4 is 5.91 Å². The first-order valence-corrected chi connectivity index (χ1v) is 9.99. The lowest BCUT2D eigenvalue weighted by atomic mass is 9.91. The average Bonchev–Trinajstić information content (AvgIpc) is 3.36. The maximum atomic E-state index is 13.0. The topological polar surface area (TPSA) is 98.2 Å². The third-order valence-electron chi connectivity index (χ3n) is 5.12. The van der Waals surface area contributed by atoms with E-state index in [2.05, 4.69) is 34.1 Å². The number of hydrogen-bond donors (Lipinski definition) is 0. The first kappa shape index (κ1) is 19.3. The van der Waals surface area contributed by atoms with Crippen molar-refractivity contribution in [1.29, 1.82) is 0 Å². The first-order valence-electron chi connectivity index (χ1n) is 9.99. The lowest BCUT2D eigenvalue weighted by molar-refractivity contribution is 0.0695. The molecule has 0 unspecified atom stereocenters. The van der Waals surface area contributed by atoms with Gasteiger partial charge < -0.3 is 13.9 Å². The van der Waals surface area contributed by atoms with E-state index in [4.69, 9.17) is 9.05 Å². The molecule has 0 saturated carbocycles. The molecular formula is C21H25N5O3. The Bertz CT molecular complexity index is 994. The summed E-state index contributed by atoms with van der Waals surface area (Å²) in [6.07, 6.45) is 5.89. The van der Waals surface area contributed by atoms with Gasteiger partial charge in [-0.2, -0.15) is 0 Å². The smallest absolute Gasteiger partial charge is 0.276 e. The van der Waals surface area contributed by atoms with Crippen LogP contribution in [0.2, 0.25) is 0 Å². The van der Waals surface area contributed by atoms with Gasteiger partial charge in [0, 0.05) is 43.8 Å². The van der Waals surface area contributed by atoms with Crippen LogP contribution in [0.1, 0.15) is 60.2 Å². The number of amides is 1. The Balaban J connectivity index is 1.53. The van der Waals surface area contributed by atoms with E-state index in [1.807, 2.05) is 17.9 Å². The summed E-state index contributed by atoms with van der Waals surface area (Å²) in [6, 6.07) is 3.64. The zero-order valence-electron chi connectivity index (χ0n) is 17.0. The SMILES string of the molecule is Cc1cc(-c2cncnc2[C@@H]2CCCN(C(=O)c3cc(CC(C)C)on3)C2)on1. The summed E-state index contributed by atoms with van der Waals surface area (Å²) >= 11 is 0. The third-order valence-corrected chi connectivity index (χ3v) is 5.12. The van der Waals surface area contributed by atoms with Crippen molar-refractivity contribution in [2.24, 2.45) is 5.92 Å². The molecule has 0 spiro atoms. The molecule has 0 aromatic carbocycles. The van der Waals surface area contributed by atoms with Crippen LogP contribution in [0.5, 0.6) is 0 Å². The molecule has 1 aliphatic heterocycles. The third kappa shape index (κ3) is 4.21. The Morgan fingerprint density at radius 1 is 1.28 bits per heavy atom. The van der Waals surface area contributed by atoms with Crippen LogP contribution in [0.25, 0.3) is 11.3 Å². The van der Waals surface area contributed by atoms with E-state index in [-0.39, 0.29) is 11.8 Å². The Hall–Kier alpha value is -3.03. The second-order valence-electron chi connectivity index (χ2n) is 8.02. The largest absolute Gasteiger partial charge is 0.361 e. The summed E-state index contributed by atoms with van der Waals surface area (Å²) in [5, 5.41) is 7.97. The van der Waals surface area contributed by atoms with Gasteiger partial charge in [0.1, 0.15) is 12.1 Å². The minimum absolute atomic E-state index is 0.0955. The van der Waals surface area contributed by atoms with Crippen LogP contribution in [0.15, 0.2) is 33.7 Å². The van der Waals surface area contributed by atoms with Crippen LogP contribution in [0.3, 0.4) is 0 Å². The molecule has 1 atom stereocenters. The highest BCUT2D eigenvalue weighted by atomic mass is 16.5. The highest BCUT2D eigenvalue weighted by Gasteiger charge is 2.30. The monoisotopic (exact) mass is 395 g/mol. The van der Waals surface area contributed by atoms with Crippen molar-refractivity contribution in [3.8, 4) is 11.3 Å². The van der Waals surface area contributed by atoms with Gasteiger partial charge in [-0.05, 0) is 25.7 Å².